The molecule has 1 aliphatic rings. The highest BCUT2D eigenvalue weighted by atomic mass is 14.3. The number of hydrogen-bond acceptors (Lipinski definition) is 0. The van der Waals surface area contributed by atoms with E-state index in [9.17, 15) is 0 Å². The van der Waals surface area contributed by atoms with Crippen LogP contribution in [0.1, 0.15) is 42.0 Å². The molecule has 22 heavy (non-hydrogen) atoms. The van der Waals surface area contributed by atoms with Crippen molar-refractivity contribution in [2.75, 3.05) is 0 Å². The molecule has 1 unspecified atom stereocenters. The molecule has 0 amide bonds. The van der Waals surface area contributed by atoms with E-state index >= 15 is 0 Å². The molecule has 1 atom stereocenters. The predicted octanol–water partition coefficient (Wildman–Crippen LogP) is 5.96. The van der Waals surface area contributed by atoms with Gasteiger partial charge in [0.25, 0.3) is 0 Å². The summed E-state index contributed by atoms with van der Waals surface area (Å²) in [7, 11) is 0. The zero-order chi connectivity index (χ0) is 15.7. The van der Waals surface area contributed by atoms with Gasteiger partial charge in [-0.3, -0.25) is 0 Å². The molecule has 2 aromatic rings. The fourth-order valence-electron chi connectivity index (χ4n) is 3.61. The van der Waals surface area contributed by atoms with Crippen molar-refractivity contribution in [2.24, 2.45) is 5.92 Å². The van der Waals surface area contributed by atoms with Gasteiger partial charge in [-0.05, 0) is 38.8 Å². The van der Waals surface area contributed by atoms with Crippen LogP contribution in [-0.4, -0.2) is 0 Å². The first-order chi connectivity index (χ1) is 10.5. The highest BCUT2D eigenvalue weighted by molar-refractivity contribution is 5.44. The maximum Gasteiger partial charge on any atom is 0.0190 e. The monoisotopic (exact) mass is 288 g/mol. The molecule has 0 radical (unpaired) electrons. The summed E-state index contributed by atoms with van der Waals surface area (Å²) in [5, 5.41) is 0. The fraction of sp³-hybridized carbons (Fsp3) is 0.273. The van der Waals surface area contributed by atoms with Crippen LogP contribution in [0.15, 0.2) is 71.8 Å². The number of hydrogen-bond donors (Lipinski definition) is 0. The van der Waals surface area contributed by atoms with E-state index in [1.165, 1.54) is 33.4 Å². The van der Waals surface area contributed by atoms with Gasteiger partial charge in [0.2, 0.25) is 0 Å². The summed E-state index contributed by atoms with van der Waals surface area (Å²) in [5.74, 6) is 0.858. The van der Waals surface area contributed by atoms with E-state index in [0.717, 1.165) is 0 Å². The van der Waals surface area contributed by atoms with Gasteiger partial charge in [-0.15, -0.1) is 0 Å². The number of aryl methyl sites for hydroxylation is 2. The Hall–Kier alpha value is -2.08. The third-order valence-electron chi connectivity index (χ3n) is 4.59. The summed E-state index contributed by atoms with van der Waals surface area (Å²) in [6.45, 7) is 8.81. The highest BCUT2D eigenvalue weighted by Crippen LogP contribution is 2.41. The van der Waals surface area contributed by atoms with Gasteiger partial charge in [-0.25, -0.2) is 0 Å². The second-order valence-corrected chi connectivity index (χ2v) is 6.63. The van der Waals surface area contributed by atoms with Crippen LogP contribution in [0.4, 0.5) is 0 Å². The van der Waals surface area contributed by atoms with E-state index in [1.54, 1.807) is 0 Å². The number of rotatable bonds is 3. The zero-order valence-electron chi connectivity index (χ0n) is 13.9. The lowest BCUT2D eigenvalue weighted by Gasteiger charge is -2.26. The van der Waals surface area contributed by atoms with Gasteiger partial charge >= 0.3 is 0 Å². The Morgan fingerprint density at radius 3 is 1.73 bits per heavy atom. The summed E-state index contributed by atoms with van der Waals surface area (Å²) in [6.07, 6.45) is 4.74. The number of allylic oxidation sites excluding steroid dienone is 4. The van der Waals surface area contributed by atoms with Crippen molar-refractivity contribution >= 4 is 0 Å². The second kappa shape index (κ2) is 5.96. The van der Waals surface area contributed by atoms with Crippen molar-refractivity contribution < 1.29 is 0 Å². The van der Waals surface area contributed by atoms with E-state index in [1.807, 2.05) is 0 Å². The Morgan fingerprint density at radius 2 is 1.32 bits per heavy atom. The van der Waals surface area contributed by atoms with E-state index in [4.69, 9.17) is 0 Å². The quantitative estimate of drug-likeness (QED) is 0.654. The predicted molar refractivity (Wildman–Crippen MR) is 95.2 cm³/mol. The minimum atomic E-state index is 0.397. The van der Waals surface area contributed by atoms with Crippen LogP contribution in [0.2, 0.25) is 0 Å². The molecule has 0 aromatic heterocycles. The molecule has 0 heterocycles. The van der Waals surface area contributed by atoms with E-state index in [2.05, 4.69) is 88.4 Å². The third kappa shape index (κ3) is 2.92. The van der Waals surface area contributed by atoms with Crippen molar-refractivity contribution in [2.45, 2.75) is 33.6 Å². The van der Waals surface area contributed by atoms with Gasteiger partial charge in [0.1, 0.15) is 0 Å². The van der Waals surface area contributed by atoms with Gasteiger partial charge in [0.05, 0.1) is 0 Å². The molecule has 2 aromatic carbocycles. The van der Waals surface area contributed by atoms with Gasteiger partial charge in [0, 0.05) is 11.8 Å². The lowest BCUT2D eigenvalue weighted by atomic mass is 9.78. The minimum absolute atomic E-state index is 0.397. The first kappa shape index (κ1) is 14.8. The molecule has 0 spiro atoms. The normalized spacial score (nSPS) is 17.6. The second-order valence-electron chi connectivity index (χ2n) is 6.63. The molecule has 112 valence electrons. The van der Waals surface area contributed by atoms with Crippen LogP contribution in [0.25, 0.3) is 0 Å². The maximum atomic E-state index is 2.42. The molecule has 0 fully saturated rings. The molecule has 0 saturated heterocycles. The van der Waals surface area contributed by atoms with Crippen LogP contribution in [0.5, 0.6) is 0 Å². The largest absolute Gasteiger partial charge is 0.0735 e. The Kier molecular flexibility index (Phi) is 4.02. The molecular formula is C22H24. The van der Waals surface area contributed by atoms with Crippen molar-refractivity contribution in [1.29, 1.82) is 0 Å². The van der Waals surface area contributed by atoms with Crippen LogP contribution in [0, 0.1) is 19.8 Å². The molecule has 0 aliphatic heterocycles. The Balaban J connectivity index is 2.13. The highest BCUT2D eigenvalue weighted by Gasteiger charge is 2.27. The van der Waals surface area contributed by atoms with Crippen molar-refractivity contribution in [3.63, 3.8) is 0 Å². The van der Waals surface area contributed by atoms with Gasteiger partial charge in [-0.2, -0.15) is 0 Å². The first-order valence-corrected chi connectivity index (χ1v) is 8.04. The molecule has 0 nitrogen and oxygen atoms in total. The molecule has 0 N–H and O–H groups in total. The lowest BCUT2D eigenvalue weighted by Crippen LogP contribution is -2.13. The van der Waals surface area contributed by atoms with Crippen molar-refractivity contribution in [3.8, 4) is 0 Å². The SMILES string of the molecule is CC1=CC(C(c2cccc(C)c2)c2cccc(C)c2)C(C)=C1. The van der Waals surface area contributed by atoms with Crippen molar-refractivity contribution in [3.05, 3.63) is 94.1 Å². The minimum Gasteiger partial charge on any atom is -0.0735 e. The molecule has 0 heteroatoms. The topological polar surface area (TPSA) is 0 Å². The third-order valence-corrected chi connectivity index (χ3v) is 4.59. The molecular weight excluding hydrogens is 264 g/mol. The van der Waals surface area contributed by atoms with Crippen LogP contribution >= 0.6 is 0 Å². The first-order valence-electron chi connectivity index (χ1n) is 8.04. The Morgan fingerprint density at radius 1 is 0.773 bits per heavy atom. The summed E-state index contributed by atoms with van der Waals surface area (Å²) in [5.41, 5.74) is 8.33. The molecule has 3 rings (SSSR count). The van der Waals surface area contributed by atoms with Gasteiger partial charge in [-0.1, -0.05) is 83.0 Å². The lowest BCUT2D eigenvalue weighted by molar-refractivity contribution is 0.657. The molecule has 0 saturated carbocycles. The van der Waals surface area contributed by atoms with Gasteiger partial charge in [0.15, 0.2) is 0 Å². The van der Waals surface area contributed by atoms with E-state index in [-0.39, 0.29) is 0 Å². The average Bonchev–Trinajstić information content (AvgIpc) is 2.78. The van der Waals surface area contributed by atoms with Crippen LogP contribution < -0.4 is 0 Å². The molecule has 1 aliphatic carbocycles. The standard InChI is InChI=1S/C22H24/c1-15-7-5-9-19(12-15)22(20-10-6-8-16(2)13-20)21-14-17(3)11-18(21)4/h5-14,21-22H,1-4H3. The number of benzene rings is 2. The summed E-state index contributed by atoms with van der Waals surface area (Å²) in [4.78, 5) is 0. The van der Waals surface area contributed by atoms with E-state index in [0.29, 0.717) is 11.8 Å². The zero-order valence-corrected chi connectivity index (χ0v) is 13.9. The molecule has 0 bridgehead atoms. The van der Waals surface area contributed by atoms with Gasteiger partial charge < -0.3 is 0 Å². The Bertz CT molecular complexity index is 701. The average molecular weight is 288 g/mol. The van der Waals surface area contributed by atoms with Crippen molar-refractivity contribution in [1.82, 2.24) is 0 Å². The summed E-state index contributed by atoms with van der Waals surface area (Å²) < 4.78 is 0. The van der Waals surface area contributed by atoms with Crippen LogP contribution in [0.3, 0.4) is 0 Å². The maximum absolute atomic E-state index is 2.42. The smallest absolute Gasteiger partial charge is 0.0190 e. The van der Waals surface area contributed by atoms with E-state index < -0.39 is 0 Å². The summed E-state index contributed by atoms with van der Waals surface area (Å²) >= 11 is 0. The summed E-state index contributed by atoms with van der Waals surface area (Å²) in [6, 6.07) is 17.9. The Labute approximate surface area is 134 Å². The van der Waals surface area contributed by atoms with Crippen LogP contribution in [-0.2, 0) is 0 Å². The fourth-order valence-corrected chi connectivity index (χ4v) is 3.61.